The Morgan fingerprint density at radius 1 is 1.18 bits per heavy atom. The number of aryl methyl sites for hydroxylation is 2. The van der Waals surface area contributed by atoms with Crippen molar-refractivity contribution in [1.82, 2.24) is 14.8 Å². The molecule has 0 radical (unpaired) electrons. The lowest BCUT2D eigenvalue weighted by Crippen LogP contribution is -2.45. The van der Waals surface area contributed by atoms with Gasteiger partial charge in [0.2, 0.25) is 15.9 Å². The van der Waals surface area contributed by atoms with E-state index in [1.165, 1.54) is 19.3 Å². The van der Waals surface area contributed by atoms with Gasteiger partial charge in [-0.25, -0.2) is 8.42 Å². The van der Waals surface area contributed by atoms with Gasteiger partial charge in [-0.2, -0.15) is 4.31 Å². The highest BCUT2D eigenvalue weighted by molar-refractivity contribution is 7.89. The molecule has 2 heterocycles. The van der Waals surface area contributed by atoms with Crippen molar-refractivity contribution in [3.8, 4) is 0 Å². The molecule has 1 aromatic heterocycles. The molecule has 7 nitrogen and oxygen atoms in total. The van der Waals surface area contributed by atoms with Crippen molar-refractivity contribution < 1.29 is 17.7 Å². The highest BCUT2D eigenvalue weighted by atomic mass is 32.2. The minimum absolute atomic E-state index is 0.123. The Kier molecular flexibility index (Phi) is 6.81. The molecule has 2 atom stereocenters. The molecule has 1 saturated carbocycles. The van der Waals surface area contributed by atoms with Gasteiger partial charge in [0.25, 0.3) is 0 Å². The van der Waals surface area contributed by atoms with Gasteiger partial charge in [0, 0.05) is 25.6 Å². The molecule has 8 heteroatoms. The molecule has 158 valence electrons. The third kappa shape index (κ3) is 4.59. The summed E-state index contributed by atoms with van der Waals surface area (Å²) in [6, 6.07) is 0.321. The van der Waals surface area contributed by atoms with E-state index in [4.69, 9.17) is 4.52 Å². The van der Waals surface area contributed by atoms with Gasteiger partial charge in [-0.15, -0.1) is 0 Å². The predicted molar refractivity (Wildman–Crippen MR) is 106 cm³/mol. The molecule has 0 unspecified atom stereocenters. The van der Waals surface area contributed by atoms with Crippen molar-refractivity contribution in [1.29, 1.82) is 0 Å². The van der Waals surface area contributed by atoms with E-state index < -0.39 is 10.0 Å². The smallest absolute Gasteiger partial charge is 0.248 e. The summed E-state index contributed by atoms with van der Waals surface area (Å²) in [6.45, 7) is 6.24. The first-order valence-electron chi connectivity index (χ1n) is 10.5. The van der Waals surface area contributed by atoms with Crippen molar-refractivity contribution in [3.05, 3.63) is 11.5 Å². The minimum Gasteiger partial charge on any atom is -0.360 e. The lowest BCUT2D eigenvalue weighted by atomic mass is 9.82. The first-order chi connectivity index (χ1) is 13.3. The van der Waals surface area contributed by atoms with Crippen LogP contribution in [0, 0.1) is 25.7 Å². The fraction of sp³-hybridized carbons (Fsp3) is 0.800. The van der Waals surface area contributed by atoms with Crippen LogP contribution in [-0.2, 0) is 14.8 Å². The van der Waals surface area contributed by atoms with E-state index in [0.717, 1.165) is 19.3 Å². The minimum atomic E-state index is -3.62. The van der Waals surface area contributed by atoms with Crippen LogP contribution in [-0.4, -0.2) is 42.9 Å². The number of hydrogen-bond acceptors (Lipinski definition) is 5. The summed E-state index contributed by atoms with van der Waals surface area (Å²) in [5, 5.41) is 6.99. The maximum absolute atomic E-state index is 13.1. The number of hydrogen-bond donors (Lipinski definition) is 1. The van der Waals surface area contributed by atoms with Gasteiger partial charge in [-0.1, -0.05) is 37.8 Å². The van der Waals surface area contributed by atoms with Gasteiger partial charge < -0.3 is 9.84 Å². The Morgan fingerprint density at radius 2 is 1.89 bits per heavy atom. The van der Waals surface area contributed by atoms with Crippen molar-refractivity contribution in [3.63, 3.8) is 0 Å². The van der Waals surface area contributed by atoms with E-state index in [9.17, 15) is 13.2 Å². The summed E-state index contributed by atoms with van der Waals surface area (Å²) in [4.78, 5) is 12.7. The van der Waals surface area contributed by atoms with Crippen LogP contribution in [0.25, 0.3) is 0 Å². The quantitative estimate of drug-likeness (QED) is 0.776. The van der Waals surface area contributed by atoms with Gasteiger partial charge in [0.1, 0.15) is 10.6 Å². The summed E-state index contributed by atoms with van der Waals surface area (Å²) in [5.74, 6) is 0.864. The molecule has 0 bridgehead atoms. The summed E-state index contributed by atoms with van der Waals surface area (Å²) >= 11 is 0. The van der Waals surface area contributed by atoms with E-state index in [1.807, 2.05) is 0 Å². The standard InChI is InChI=1S/C20H33N3O4S/c1-4-16-13-23(28(25,26)20-14(2)22-27-15(20)3)11-10-17(16)12-19(24)21-18-8-6-5-7-9-18/h16-18H,4-13H2,1-3H3,(H,21,24)/t16-,17+/m1/s1. The average Bonchev–Trinajstić information content (AvgIpc) is 3.01. The fourth-order valence-corrected chi connectivity index (χ4v) is 6.54. The highest BCUT2D eigenvalue weighted by Gasteiger charge is 2.38. The molecule has 1 aliphatic heterocycles. The molecule has 0 spiro atoms. The second-order valence-electron chi connectivity index (χ2n) is 8.34. The zero-order chi connectivity index (χ0) is 20.3. The summed E-state index contributed by atoms with van der Waals surface area (Å²) in [6.07, 6.45) is 7.87. The number of carbonyl (C=O) groups is 1. The van der Waals surface area contributed by atoms with Gasteiger partial charge in [0.15, 0.2) is 5.76 Å². The van der Waals surface area contributed by atoms with E-state index in [2.05, 4.69) is 17.4 Å². The molecular weight excluding hydrogens is 378 g/mol. The van der Waals surface area contributed by atoms with Crippen LogP contribution in [0.1, 0.15) is 69.7 Å². The van der Waals surface area contributed by atoms with E-state index in [-0.39, 0.29) is 22.6 Å². The average molecular weight is 412 g/mol. The number of carbonyl (C=O) groups excluding carboxylic acids is 1. The molecule has 2 fully saturated rings. The van der Waals surface area contributed by atoms with Gasteiger partial charge in [0.05, 0.1) is 0 Å². The summed E-state index contributed by atoms with van der Waals surface area (Å²) in [7, 11) is -3.62. The van der Waals surface area contributed by atoms with Gasteiger partial charge in [-0.3, -0.25) is 4.79 Å². The molecule has 28 heavy (non-hydrogen) atoms. The van der Waals surface area contributed by atoms with Crippen LogP contribution in [0.5, 0.6) is 0 Å². The molecule has 1 saturated heterocycles. The van der Waals surface area contributed by atoms with Gasteiger partial charge >= 0.3 is 0 Å². The lowest BCUT2D eigenvalue weighted by molar-refractivity contribution is -0.123. The Bertz CT molecular complexity index is 764. The van der Waals surface area contributed by atoms with Gasteiger partial charge in [-0.05, 0) is 44.9 Å². The second kappa shape index (κ2) is 8.95. The molecule has 1 N–H and O–H groups in total. The first kappa shape index (κ1) is 21.3. The summed E-state index contributed by atoms with van der Waals surface area (Å²) < 4.78 is 32.8. The van der Waals surface area contributed by atoms with Crippen molar-refractivity contribution in [2.75, 3.05) is 13.1 Å². The van der Waals surface area contributed by atoms with Crippen molar-refractivity contribution in [2.24, 2.45) is 11.8 Å². The van der Waals surface area contributed by atoms with Crippen molar-refractivity contribution >= 4 is 15.9 Å². The third-order valence-electron chi connectivity index (χ3n) is 6.36. The molecule has 0 aromatic carbocycles. The number of nitrogens with zero attached hydrogens (tertiary/aromatic N) is 2. The number of piperidine rings is 1. The fourth-order valence-electron chi connectivity index (χ4n) is 4.74. The number of sulfonamides is 1. The monoisotopic (exact) mass is 411 g/mol. The molecule has 1 aromatic rings. The van der Waals surface area contributed by atoms with Crippen LogP contribution in [0.4, 0.5) is 0 Å². The largest absolute Gasteiger partial charge is 0.360 e. The van der Waals surface area contributed by atoms with Crippen LogP contribution in [0.15, 0.2) is 9.42 Å². The Balaban J connectivity index is 1.62. The maximum atomic E-state index is 13.1. The van der Waals surface area contributed by atoms with Crippen LogP contribution < -0.4 is 5.32 Å². The number of nitrogens with one attached hydrogen (secondary N) is 1. The molecule has 1 aliphatic carbocycles. The zero-order valence-electron chi connectivity index (χ0n) is 17.2. The SMILES string of the molecule is CC[C@@H]1CN(S(=O)(=O)c2c(C)noc2C)CC[C@H]1CC(=O)NC1CCCCC1. The van der Waals surface area contributed by atoms with E-state index in [0.29, 0.717) is 43.4 Å². The number of aromatic nitrogens is 1. The summed E-state index contributed by atoms with van der Waals surface area (Å²) in [5.41, 5.74) is 0.402. The van der Waals surface area contributed by atoms with Crippen LogP contribution in [0.2, 0.25) is 0 Å². The predicted octanol–water partition coefficient (Wildman–Crippen LogP) is 3.17. The maximum Gasteiger partial charge on any atom is 0.248 e. The Labute approximate surface area is 168 Å². The van der Waals surface area contributed by atoms with E-state index >= 15 is 0 Å². The first-order valence-corrected chi connectivity index (χ1v) is 12.0. The third-order valence-corrected chi connectivity index (χ3v) is 8.47. The molecule has 1 amide bonds. The molecular formula is C20H33N3O4S. The Morgan fingerprint density at radius 3 is 2.50 bits per heavy atom. The van der Waals surface area contributed by atoms with E-state index in [1.54, 1.807) is 18.2 Å². The lowest BCUT2D eigenvalue weighted by Gasteiger charge is -2.37. The number of rotatable bonds is 6. The van der Waals surface area contributed by atoms with Crippen LogP contribution in [0.3, 0.4) is 0 Å². The second-order valence-corrected chi connectivity index (χ2v) is 10.2. The normalized spacial score (nSPS) is 25.0. The topological polar surface area (TPSA) is 92.5 Å². The Hall–Kier alpha value is -1.41. The molecule has 3 rings (SSSR count). The van der Waals surface area contributed by atoms with Crippen molar-refractivity contribution in [2.45, 2.75) is 83.1 Å². The molecule has 2 aliphatic rings. The number of amides is 1. The zero-order valence-corrected chi connectivity index (χ0v) is 18.1. The van der Waals surface area contributed by atoms with Crippen LogP contribution >= 0.6 is 0 Å². The highest BCUT2D eigenvalue weighted by Crippen LogP contribution is 2.33.